The summed E-state index contributed by atoms with van der Waals surface area (Å²) in [6.45, 7) is 0.331. The molecular weight excluding hydrogens is 407 g/mol. The van der Waals surface area contributed by atoms with Crippen molar-refractivity contribution in [2.45, 2.75) is 38.1 Å². The van der Waals surface area contributed by atoms with E-state index in [0.29, 0.717) is 23.8 Å². The lowest BCUT2D eigenvalue weighted by atomic mass is 10.1. The third-order valence-corrected chi connectivity index (χ3v) is 5.97. The number of imidazole rings is 1. The van der Waals surface area contributed by atoms with E-state index in [9.17, 15) is 9.18 Å². The Morgan fingerprint density at radius 1 is 1.16 bits per heavy atom. The summed E-state index contributed by atoms with van der Waals surface area (Å²) in [4.78, 5) is 21.3. The van der Waals surface area contributed by atoms with Crippen LogP contribution in [0.25, 0.3) is 16.8 Å². The number of hydrogen-bond donors (Lipinski definition) is 2. The Hall–Kier alpha value is -3.81. The van der Waals surface area contributed by atoms with Crippen LogP contribution in [0.1, 0.15) is 53.3 Å². The number of hydrogen-bond acceptors (Lipinski definition) is 5. The number of amides is 1. The fourth-order valence-corrected chi connectivity index (χ4v) is 4.32. The number of benzene rings is 2. The number of nitrogens with two attached hydrogens (primary N) is 1. The van der Waals surface area contributed by atoms with Crippen molar-refractivity contribution in [2.24, 2.45) is 0 Å². The van der Waals surface area contributed by atoms with Crippen LogP contribution in [0, 0.1) is 5.82 Å². The van der Waals surface area contributed by atoms with Gasteiger partial charge in [-0.2, -0.15) is 5.10 Å². The minimum absolute atomic E-state index is 0.293. The molecule has 0 radical (unpaired) electrons. The molecule has 4 aromatic rings. The van der Waals surface area contributed by atoms with E-state index in [1.807, 2.05) is 28.8 Å². The summed E-state index contributed by atoms with van der Waals surface area (Å²) in [5, 5.41) is 7.24. The van der Waals surface area contributed by atoms with Gasteiger partial charge in [0.2, 0.25) is 0 Å². The Kier molecular flexibility index (Phi) is 5.26. The highest BCUT2D eigenvalue weighted by Gasteiger charge is 2.25. The molecule has 0 unspecified atom stereocenters. The second kappa shape index (κ2) is 8.37. The zero-order valence-corrected chi connectivity index (χ0v) is 17.5. The Labute approximate surface area is 184 Å². The number of carbonyl (C=O) groups excluding carboxylic acids is 1. The smallest absolute Gasteiger partial charge is 0.251 e. The summed E-state index contributed by atoms with van der Waals surface area (Å²) in [6, 6.07) is 13.4. The minimum atomic E-state index is -0.436. The predicted molar refractivity (Wildman–Crippen MR) is 119 cm³/mol. The molecule has 1 aliphatic rings. The van der Waals surface area contributed by atoms with Gasteiger partial charge in [0.25, 0.3) is 5.91 Å². The van der Waals surface area contributed by atoms with E-state index in [-0.39, 0.29) is 5.91 Å². The van der Waals surface area contributed by atoms with Crippen molar-refractivity contribution in [3.05, 3.63) is 77.6 Å². The molecular formula is C24H23FN6O. The van der Waals surface area contributed by atoms with E-state index in [1.165, 1.54) is 37.4 Å². The highest BCUT2D eigenvalue weighted by atomic mass is 19.1. The summed E-state index contributed by atoms with van der Waals surface area (Å²) in [7, 11) is 0. The molecule has 0 aliphatic heterocycles. The topological polar surface area (TPSA) is 98.2 Å². The van der Waals surface area contributed by atoms with Crippen molar-refractivity contribution in [3.8, 4) is 11.3 Å². The Morgan fingerprint density at radius 2 is 1.94 bits per heavy atom. The van der Waals surface area contributed by atoms with Gasteiger partial charge in [0.15, 0.2) is 5.82 Å². The number of nitrogens with zero attached hydrogens (tertiary/aromatic N) is 4. The molecule has 0 bridgehead atoms. The SMILES string of the molecule is Nc1ncnn2c(C3CCCC3)nc(-c3ccc(CNC(=O)c4cccc(F)c4)cc3)c12. The Balaban J connectivity index is 1.39. The zero-order valence-electron chi connectivity index (χ0n) is 17.5. The highest BCUT2D eigenvalue weighted by molar-refractivity contribution is 5.94. The Morgan fingerprint density at radius 3 is 2.69 bits per heavy atom. The first-order valence-corrected chi connectivity index (χ1v) is 10.7. The predicted octanol–water partition coefficient (Wildman–Crippen LogP) is 4.10. The molecule has 2 heterocycles. The molecule has 162 valence electrons. The molecule has 0 spiro atoms. The monoisotopic (exact) mass is 430 g/mol. The van der Waals surface area contributed by atoms with E-state index < -0.39 is 5.82 Å². The van der Waals surface area contributed by atoms with Crippen molar-refractivity contribution in [1.29, 1.82) is 0 Å². The first kappa shape index (κ1) is 20.1. The number of carbonyl (C=O) groups is 1. The molecule has 32 heavy (non-hydrogen) atoms. The van der Waals surface area contributed by atoms with Crippen LogP contribution >= 0.6 is 0 Å². The van der Waals surface area contributed by atoms with Crippen LogP contribution < -0.4 is 11.1 Å². The molecule has 1 aliphatic carbocycles. The number of halogens is 1. The fraction of sp³-hybridized carbons (Fsp3) is 0.250. The lowest BCUT2D eigenvalue weighted by Gasteiger charge is -2.07. The quantitative estimate of drug-likeness (QED) is 0.497. The van der Waals surface area contributed by atoms with Crippen molar-refractivity contribution >= 4 is 17.2 Å². The summed E-state index contributed by atoms with van der Waals surface area (Å²) < 4.78 is 15.2. The van der Waals surface area contributed by atoms with Gasteiger partial charge in [0.1, 0.15) is 29.2 Å². The van der Waals surface area contributed by atoms with E-state index in [2.05, 4.69) is 15.4 Å². The van der Waals surface area contributed by atoms with Gasteiger partial charge >= 0.3 is 0 Å². The van der Waals surface area contributed by atoms with Crippen LogP contribution in [0.3, 0.4) is 0 Å². The number of anilines is 1. The number of fused-ring (bicyclic) bond motifs is 1. The number of aromatic nitrogens is 4. The molecule has 2 aromatic heterocycles. The van der Waals surface area contributed by atoms with Crippen LogP contribution in [-0.2, 0) is 6.54 Å². The average Bonchev–Trinajstić information content (AvgIpc) is 3.46. The highest BCUT2D eigenvalue weighted by Crippen LogP contribution is 2.37. The van der Waals surface area contributed by atoms with Gasteiger partial charge in [-0.25, -0.2) is 18.9 Å². The van der Waals surface area contributed by atoms with E-state index >= 15 is 0 Å². The van der Waals surface area contributed by atoms with Crippen molar-refractivity contribution in [3.63, 3.8) is 0 Å². The van der Waals surface area contributed by atoms with Crippen molar-refractivity contribution < 1.29 is 9.18 Å². The van der Waals surface area contributed by atoms with Crippen LogP contribution in [0.5, 0.6) is 0 Å². The average molecular weight is 430 g/mol. The van der Waals surface area contributed by atoms with E-state index in [4.69, 9.17) is 10.7 Å². The maximum absolute atomic E-state index is 13.3. The minimum Gasteiger partial charge on any atom is -0.382 e. The van der Waals surface area contributed by atoms with E-state index in [0.717, 1.165) is 41.0 Å². The van der Waals surface area contributed by atoms with Crippen LogP contribution in [0.4, 0.5) is 10.2 Å². The molecule has 7 nitrogen and oxygen atoms in total. The van der Waals surface area contributed by atoms with Gasteiger partial charge in [-0.1, -0.05) is 43.2 Å². The summed E-state index contributed by atoms with van der Waals surface area (Å²) in [5.74, 6) is 0.961. The van der Waals surface area contributed by atoms with Crippen LogP contribution in [-0.4, -0.2) is 25.5 Å². The first-order valence-electron chi connectivity index (χ1n) is 10.7. The molecule has 3 N–H and O–H groups in total. The van der Waals surface area contributed by atoms with Gasteiger partial charge in [0, 0.05) is 23.6 Å². The first-order chi connectivity index (χ1) is 15.6. The largest absolute Gasteiger partial charge is 0.382 e. The number of rotatable bonds is 5. The second-order valence-electron chi connectivity index (χ2n) is 8.10. The van der Waals surface area contributed by atoms with Gasteiger partial charge in [-0.15, -0.1) is 0 Å². The lowest BCUT2D eigenvalue weighted by Crippen LogP contribution is -2.22. The molecule has 8 heteroatoms. The molecule has 2 aromatic carbocycles. The van der Waals surface area contributed by atoms with Crippen LogP contribution in [0.15, 0.2) is 54.9 Å². The number of nitrogen functional groups attached to an aromatic ring is 1. The second-order valence-corrected chi connectivity index (χ2v) is 8.10. The van der Waals surface area contributed by atoms with Gasteiger partial charge in [0.05, 0.1) is 0 Å². The van der Waals surface area contributed by atoms with Crippen molar-refractivity contribution in [2.75, 3.05) is 5.73 Å². The van der Waals surface area contributed by atoms with E-state index in [1.54, 1.807) is 6.07 Å². The normalized spacial score (nSPS) is 14.2. The van der Waals surface area contributed by atoms with Crippen LogP contribution in [0.2, 0.25) is 0 Å². The molecule has 1 fully saturated rings. The summed E-state index contributed by atoms with van der Waals surface area (Å²) in [6.07, 6.45) is 6.08. The summed E-state index contributed by atoms with van der Waals surface area (Å²) in [5.41, 5.74) is 9.81. The molecule has 0 saturated heterocycles. The maximum atomic E-state index is 13.3. The molecule has 1 saturated carbocycles. The van der Waals surface area contributed by atoms with Gasteiger partial charge in [-0.05, 0) is 36.6 Å². The maximum Gasteiger partial charge on any atom is 0.251 e. The third kappa shape index (κ3) is 3.79. The van der Waals surface area contributed by atoms with Gasteiger partial charge in [-0.3, -0.25) is 4.79 Å². The lowest BCUT2D eigenvalue weighted by molar-refractivity contribution is 0.0950. The third-order valence-electron chi connectivity index (χ3n) is 5.97. The fourth-order valence-electron chi connectivity index (χ4n) is 4.32. The molecule has 5 rings (SSSR count). The van der Waals surface area contributed by atoms with Crippen molar-refractivity contribution in [1.82, 2.24) is 24.9 Å². The molecule has 0 atom stereocenters. The zero-order chi connectivity index (χ0) is 22.1. The molecule has 1 amide bonds. The Bertz CT molecular complexity index is 1280. The van der Waals surface area contributed by atoms with Gasteiger partial charge < -0.3 is 11.1 Å². The number of nitrogens with one attached hydrogen (secondary N) is 1. The summed E-state index contributed by atoms with van der Waals surface area (Å²) >= 11 is 0. The standard InChI is InChI=1S/C24H23FN6O/c25-19-7-3-6-18(12-19)24(32)27-13-15-8-10-16(11-9-15)20-21-22(26)28-14-29-31(21)23(30-20)17-4-1-2-5-17/h3,6-12,14,17H,1-2,4-5,13H2,(H,27,32)(H2,26,28,29).